The second-order valence-corrected chi connectivity index (χ2v) is 6.54. The van der Waals surface area contributed by atoms with Gasteiger partial charge in [-0.15, -0.1) is 11.3 Å². The monoisotopic (exact) mass is 267 g/mol. The molecule has 1 aromatic rings. The third-order valence-electron chi connectivity index (χ3n) is 3.77. The molecule has 0 aromatic carbocycles. The van der Waals surface area contributed by atoms with Crippen molar-refractivity contribution in [2.24, 2.45) is 0 Å². The van der Waals surface area contributed by atoms with Gasteiger partial charge in [-0.05, 0) is 46.7 Å². The van der Waals surface area contributed by atoms with Crippen LogP contribution in [-0.2, 0) is 0 Å². The zero-order chi connectivity index (χ0) is 13.1. The lowest BCUT2D eigenvalue weighted by Crippen LogP contribution is -2.46. The highest BCUT2D eigenvalue weighted by atomic mass is 32.1. The minimum Gasteiger partial charge on any atom is -0.305 e. The first-order valence-corrected chi connectivity index (χ1v) is 7.84. The van der Waals surface area contributed by atoms with Crippen LogP contribution in [-0.4, -0.2) is 35.6 Å². The van der Waals surface area contributed by atoms with Crippen LogP contribution in [0.1, 0.15) is 48.3 Å². The zero-order valence-corrected chi connectivity index (χ0v) is 12.8. The Morgan fingerprint density at radius 2 is 2.28 bits per heavy atom. The van der Waals surface area contributed by atoms with Crippen molar-refractivity contribution in [3.63, 3.8) is 0 Å². The van der Waals surface area contributed by atoms with Crippen molar-refractivity contribution >= 4 is 11.3 Å². The molecule has 2 atom stereocenters. The SMILES string of the molecule is CCN1CCCC(NC(C)c2sc(C)nc2C)C1. The van der Waals surface area contributed by atoms with Crippen LogP contribution in [0.2, 0.25) is 0 Å². The molecule has 1 aliphatic heterocycles. The topological polar surface area (TPSA) is 28.2 Å². The molecular formula is C14H25N3S. The molecule has 3 nitrogen and oxygen atoms in total. The van der Waals surface area contributed by atoms with E-state index in [-0.39, 0.29) is 0 Å². The number of nitrogens with one attached hydrogen (secondary N) is 1. The van der Waals surface area contributed by atoms with Gasteiger partial charge >= 0.3 is 0 Å². The summed E-state index contributed by atoms with van der Waals surface area (Å²) < 4.78 is 0. The number of likely N-dealkylation sites (N-methyl/N-ethyl adjacent to an activating group) is 1. The molecular weight excluding hydrogens is 242 g/mol. The maximum absolute atomic E-state index is 4.52. The average Bonchev–Trinajstić information content (AvgIpc) is 2.69. The average molecular weight is 267 g/mol. The predicted molar refractivity (Wildman–Crippen MR) is 78.3 cm³/mol. The fourth-order valence-corrected chi connectivity index (χ4v) is 3.80. The summed E-state index contributed by atoms with van der Waals surface area (Å²) in [4.78, 5) is 8.47. The van der Waals surface area contributed by atoms with E-state index < -0.39 is 0 Å². The summed E-state index contributed by atoms with van der Waals surface area (Å²) in [5.74, 6) is 0. The minimum atomic E-state index is 0.429. The molecule has 4 heteroatoms. The molecule has 1 aliphatic rings. The summed E-state index contributed by atoms with van der Waals surface area (Å²) in [5.41, 5.74) is 1.20. The zero-order valence-electron chi connectivity index (χ0n) is 12.0. The van der Waals surface area contributed by atoms with Crippen LogP contribution >= 0.6 is 11.3 Å². The van der Waals surface area contributed by atoms with Crippen molar-refractivity contribution in [1.29, 1.82) is 0 Å². The molecule has 2 rings (SSSR count). The molecule has 0 bridgehead atoms. The Kier molecular flexibility index (Phi) is 4.76. The molecule has 1 saturated heterocycles. The van der Waals surface area contributed by atoms with E-state index in [1.165, 1.54) is 48.1 Å². The Hall–Kier alpha value is -0.450. The minimum absolute atomic E-state index is 0.429. The number of rotatable bonds is 4. The molecule has 1 N–H and O–H groups in total. The van der Waals surface area contributed by atoms with Gasteiger partial charge < -0.3 is 10.2 Å². The number of piperidine rings is 1. The van der Waals surface area contributed by atoms with Gasteiger partial charge in [0.1, 0.15) is 0 Å². The lowest BCUT2D eigenvalue weighted by Gasteiger charge is -2.34. The molecule has 0 amide bonds. The van der Waals surface area contributed by atoms with Gasteiger partial charge in [0.2, 0.25) is 0 Å². The summed E-state index contributed by atoms with van der Waals surface area (Å²) in [7, 11) is 0. The maximum Gasteiger partial charge on any atom is 0.0900 e. The fraction of sp³-hybridized carbons (Fsp3) is 0.786. The molecule has 1 aromatic heterocycles. The lowest BCUT2D eigenvalue weighted by molar-refractivity contribution is 0.192. The number of nitrogens with zero attached hydrogens (tertiary/aromatic N) is 2. The Labute approximate surface area is 115 Å². The Morgan fingerprint density at radius 3 is 2.89 bits per heavy atom. The molecule has 102 valence electrons. The van der Waals surface area contributed by atoms with E-state index in [4.69, 9.17) is 0 Å². The van der Waals surface area contributed by atoms with Crippen LogP contribution in [0, 0.1) is 13.8 Å². The number of aryl methyl sites for hydroxylation is 2. The lowest BCUT2D eigenvalue weighted by atomic mass is 10.0. The van der Waals surface area contributed by atoms with Crippen LogP contribution in [0.3, 0.4) is 0 Å². The first-order chi connectivity index (χ1) is 8.60. The Balaban J connectivity index is 1.94. The fourth-order valence-electron chi connectivity index (χ4n) is 2.86. The number of hydrogen-bond donors (Lipinski definition) is 1. The van der Waals surface area contributed by atoms with Crippen molar-refractivity contribution in [2.45, 2.75) is 52.6 Å². The van der Waals surface area contributed by atoms with E-state index >= 15 is 0 Å². The second-order valence-electron chi connectivity index (χ2n) is 5.30. The highest BCUT2D eigenvalue weighted by Crippen LogP contribution is 2.25. The third-order valence-corrected chi connectivity index (χ3v) is 5.03. The highest BCUT2D eigenvalue weighted by molar-refractivity contribution is 7.11. The maximum atomic E-state index is 4.52. The quantitative estimate of drug-likeness (QED) is 0.909. The molecule has 2 heterocycles. The van der Waals surface area contributed by atoms with Gasteiger partial charge in [0, 0.05) is 23.5 Å². The van der Waals surface area contributed by atoms with Gasteiger partial charge in [0.05, 0.1) is 10.7 Å². The van der Waals surface area contributed by atoms with Crippen molar-refractivity contribution in [2.75, 3.05) is 19.6 Å². The third kappa shape index (κ3) is 3.31. The van der Waals surface area contributed by atoms with Crippen molar-refractivity contribution in [1.82, 2.24) is 15.2 Å². The largest absolute Gasteiger partial charge is 0.305 e. The molecule has 0 radical (unpaired) electrons. The smallest absolute Gasteiger partial charge is 0.0900 e. The molecule has 0 saturated carbocycles. The van der Waals surface area contributed by atoms with E-state index in [2.05, 4.69) is 42.9 Å². The number of hydrogen-bond acceptors (Lipinski definition) is 4. The van der Waals surface area contributed by atoms with E-state index in [1.54, 1.807) is 0 Å². The van der Waals surface area contributed by atoms with Crippen LogP contribution in [0.25, 0.3) is 0 Å². The van der Waals surface area contributed by atoms with E-state index in [0.29, 0.717) is 12.1 Å². The van der Waals surface area contributed by atoms with Gasteiger partial charge in [0.25, 0.3) is 0 Å². The normalized spacial score (nSPS) is 23.2. The predicted octanol–water partition coefficient (Wildman–Crippen LogP) is 2.89. The summed E-state index contributed by atoms with van der Waals surface area (Å²) in [5, 5.41) is 4.96. The van der Waals surface area contributed by atoms with Gasteiger partial charge in [0.15, 0.2) is 0 Å². The Bertz CT molecular complexity index is 388. The molecule has 0 aliphatic carbocycles. The first kappa shape index (κ1) is 14.0. The summed E-state index contributed by atoms with van der Waals surface area (Å²) >= 11 is 1.83. The van der Waals surface area contributed by atoms with Gasteiger partial charge in [-0.25, -0.2) is 4.98 Å². The van der Waals surface area contributed by atoms with Crippen LogP contribution in [0.5, 0.6) is 0 Å². The molecule has 18 heavy (non-hydrogen) atoms. The van der Waals surface area contributed by atoms with E-state index in [1.807, 2.05) is 11.3 Å². The summed E-state index contributed by atoms with van der Waals surface area (Å²) in [6, 6.07) is 1.06. The van der Waals surface area contributed by atoms with Crippen molar-refractivity contribution in [3.8, 4) is 0 Å². The van der Waals surface area contributed by atoms with Gasteiger partial charge in [-0.2, -0.15) is 0 Å². The van der Waals surface area contributed by atoms with Crippen LogP contribution in [0.15, 0.2) is 0 Å². The highest BCUT2D eigenvalue weighted by Gasteiger charge is 2.22. The van der Waals surface area contributed by atoms with Crippen LogP contribution in [0.4, 0.5) is 0 Å². The molecule has 2 unspecified atom stereocenters. The number of likely N-dealkylation sites (tertiary alicyclic amines) is 1. The second kappa shape index (κ2) is 6.13. The Morgan fingerprint density at radius 1 is 1.50 bits per heavy atom. The number of aromatic nitrogens is 1. The molecule has 1 fully saturated rings. The summed E-state index contributed by atoms with van der Waals surface area (Å²) in [6.45, 7) is 12.4. The van der Waals surface area contributed by atoms with E-state index in [0.717, 1.165) is 0 Å². The standard InChI is InChI=1S/C14H25N3S/c1-5-17-8-6-7-13(9-17)16-11(3)14-10(2)15-12(4)18-14/h11,13,16H,5-9H2,1-4H3. The van der Waals surface area contributed by atoms with Crippen LogP contribution < -0.4 is 5.32 Å². The van der Waals surface area contributed by atoms with E-state index in [9.17, 15) is 0 Å². The number of thiazole rings is 1. The first-order valence-electron chi connectivity index (χ1n) is 7.02. The van der Waals surface area contributed by atoms with Crippen molar-refractivity contribution < 1.29 is 0 Å². The van der Waals surface area contributed by atoms with Crippen molar-refractivity contribution in [3.05, 3.63) is 15.6 Å². The van der Waals surface area contributed by atoms with Gasteiger partial charge in [-0.3, -0.25) is 0 Å². The summed E-state index contributed by atoms with van der Waals surface area (Å²) in [6.07, 6.45) is 2.62. The molecule has 0 spiro atoms. The van der Waals surface area contributed by atoms with Gasteiger partial charge in [-0.1, -0.05) is 6.92 Å².